The number of alkyl halides is 3. The van der Waals surface area contributed by atoms with Gasteiger partial charge in [0.1, 0.15) is 4.88 Å². The highest BCUT2D eigenvalue weighted by atomic mass is 32.1. The van der Waals surface area contributed by atoms with Crippen LogP contribution in [0.2, 0.25) is 0 Å². The summed E-state index contributed by atoms with van der Waals surface area (Å²) in [5.74, 6) is -0.593. The summed E-state index contributed by atoms with van der Waals surface area (Å²) in [5.41, 5.74) is 0.931. The van der Waals surface area contributed by atoms with Gasteiger partial charge in [-0.05, 0) is 18.6 Å². The first-order valence-electron chi connectivity index (χ1n) is 6.86. The average molecular weight is 352 g/mol. The molecule has 2 aromatic heterocycles. The number of aromatic nitrogens is 1. The molecule has 3 aromatic rings. The minimum Gasteiger partial charge on any atom is -0.338 e. The van der Waals surface area contributed by atoms with Crippen LogP contribution in [0.25, 0.3) is 11.1 Å². The number of hydrogen-bond acceptors (Lipinski definition) is 4. The van der Waals surface area contributed by atoms with Crippen LogP contribution in [0, 0.1) is 6.92 Å². The first kappa shape index (κ1) is 16.3. The standard InChI is InChI=1S/C16H11F3N2O2S/c1-9-7-13(23-21-9)20-15(22)12-8-11(10-5-3-2-4-6-10)14(24-12)16(17,18)19/h2-8H,1H3,(H,20,22). The highest BCUT2D eigenvalue weighted by Gasteiger charge is 2.37. The fourth-order valence-corrected chi connectivity index (χ4v) is 3.08. The van der Waals surface area contributed by atoms with E-state index in [1.807, 2.05) is 0 Å². The van der Waals surface area contributed by atoms with Gasteiger partial charge >= 0.3 is 6.18 Å². The van der Waals surface area contributed by atoms with Gasteiger partial charge in [0.2, 0.25) is 5.88 Å². The Morgan fingerprint density at radius 2 is 1.92 bits per heavy atom. The van der Waals surface area contributed by atoms with Crippen LogP contribution >= 0.6 is 11.3 Å². The number of aryl methyl sites for hydroxylation is 1. The molecule has 0 saturated heterocycles. The molecule has 0 aliphatic heterocycles. The number of benzene rings is 1. The van der Waals surface area contributed by atoms with Crippen molar-refractivity contribution in [1.29, 1.82) is 0 Å². The fourth-order valence-electron chi connectivity index (χ4n) is 2.14. The van der Waals surface area contributed by atoms with Gasteiger partial charge in [-0.2, -0.15) is 13.2 Å². The molecule has 0 atom stereocenters. The number of thiophene rings is 1. The van der Waals surface area contributed by atoms with Crippen LogP contribution in [0.15, 0.2) is 47.0 Å². The Hall–Kier alpha value is -2.61. The predicted molar refractivity (Wildman–Crippen MR) is 84.0 cm³/mol. The van der Waals surface area contributed by atoms with E-state index in [-0.39, 0.29) is 16.3 Å². The third kappa shape index (κ3) is 3.33. The Labute approximate surface area is 138 Å². The fraction of sp³-hybridized carbons (Fsp3) is 0.125. The quantitative estimate of drug-likeness (QED) is 0.723. The number of hydrogen-bond donors (Lipinski definition) is 1. The summed E-state index contributed by atoms with van der Waals surface area (Å²) in [5, 5.41) is 6.00. The van der Waals surface area contributed by atoms with Crippen LogP contribution in [0.3, 0.4) is 0 Å². The van der Waals surface area contributed by atoms with Crippen LogP contribution in [-0.2, 0) is 6.18 Å². The monoisotopic (exact) mass is 352 g/mol. The molecule has 24 heavy (non-hydrogen) atoms. The van der Waals surface area contributed by atoms with Crippen LogP contribution in [0.4, 0.5) is 19.1 Å². The number of halogens is 3. The van der Waals surface area contributed by atoms with Gasteiger partial charge in [0.05, 0.1) is 10.6 Å². The maximum absolute atomic E-state index is 13.3. The number of nitrogens with one attached hydrogen (secondary N) is 1. The number of anilines is 1. The van der Waals surface area contributed by atoms with Gasteiger partial charge in [0, 0.05) is 11.6 Å². The lowest BCUT2D eigenvalue weighted by atomic mass is 10.1. The molecule has 0 radical (unpaired) electrons. The number of rotatable bonds is 3. The normalized spacial score (nSPS) is 11.5. The Morgan fingerprint density at radius 1 is 1.21 bits per heavy atom. The Balaban J connectivity index is 1.97. The van der Waals surface area contributed by atoms with E-state index in [1.54, 1.807) is 37.3 Å². The third-order valence-corrected chi connectivity index (χ3v) is 4.34. The van der Waals surface area contributed by atoms with Crippen molar-refractivity contribution in [1.82, 2.24) is 5.16 Å². The van der Waals surface area contributed by atoms with E-state index >= 15 is 0 Å². The number of amides is 1. The lowest BCUT2D eigenvalue weighted by Crippen LogP contribution is -2.09. The molecule has 1 aromatic carbocycles. The van der Waals surface area contributed by atoms with E-state index < -0.39 is 17.0 Å². The zero-order chi connectivity index (χ0) is 17.3. The lowest BCUT2D eigenvalue weighted by Gasteiger charge is -2.07. The van der Waals surface area contributed by atoms with Crippen molar-refractivity contribution >= 4 is 23.1 Å². The summed E-state index contributed by atoms with van der Waals surface area (Å²) < 4.78 is 44.7. The van der Waals surface area contributed by atoms with Gasteiger partial charge in [-0.1, -0.05) is 35.5 Å². The van der Waals surface area contributed by atoms with Crippen molar-refractivity contribution in [3.8, 4) is 11.1 Å². The maximum atomic E-state index is 13.3. The number of carbonyl (C=O) groups is 1. The minimum atomic E-state index is -4.54. The lowest BCUT2D eigenvalue weighted by molar-refractivity contribution is -0.133. The summed E-state index contributed by atoms with van der Waals surface area (Å²) >= 11 is 0.396. The van der Waals surface area contributed by atoms with Crippen LogP contribution in [-0.4, -0.2) is 11.1 Å². The molecular weight excluding hydrogens is 341 g/mol. The van der Waals surface area contributed by atoms with E-state index in [9.17, 15) is 18.0 Å². The summed E-state index contributed by atoms with van der Waals surface area (Å²) in [7, 11) is 0. The van der Waals surface area contributed by atoms with Gasteiger partial charge in [-0.25, -0.2) is 0 Å². The maximum Gasteiger partial charge on any atom is 0.426 e. The molecule has 0 fully saturated rings. The Kier molecular flexibility index (Phi) is 4.15. The summed E-state index contributed by atoms with van der Waals surface area (Å²) in [6, 6.07) is 10.9. The van der Waals surface area contributed by atoms with E-state index in [0.29, 0.717) is 22.6 Å². The zero-order valence-electron chi connectivity index (χ0n) is 12.3. The van der Waals surface area contributed by atoms with Crippen molar-refractivity contribution in [2.24, 2.45) is 0 Å². The molecule has 1 N–H and O–H groups in total. The van der Waals surface area contributed by atoms with Gasteiger partial charge in [-0.15, -0.1) is 11.3 Å². The van der Waals surface area contributed by atoms with Gasteiger partial charge in [0.25, 0.3) is 5.91 Å². The first-order valence-corrected chi connectivity index (χ1v) is 7.67. The largest absolute Gasteiger partial charge is 0.426 e. The van der Waals surface area contributed by atoms with Gasteiger partial charge in [-0.3, -0.25) is 10.1 Å². The van der Waals surface area contributed by atoms with Crippen LogP contribution in [0.1, 0.15) is 20.2 Å². The average Bonchev–Trinajstić information content (AvgIpc) is 3.14. The van der Waals surface area contributed by atoms with E-state index in [0.717, 1.165) is 0 Å². The molecule has 1 amide bonds. The molecule has 3 rings (SSSR count). The molecule has 0 unspecified atom stereocenters. The molecule has 0 aliphatic carbocycles. The van der Waals surface area contributed by atoms with Crippen molar-refractivity contribution in [3.63, 3.8) is 0 Å². The van der Waals surface area contributed by atoms with Crippen molar-refractivity contribution < 1.29 is 22.5 Å². The molecule has 0 saturated carbocycles. The van der Waals surface area contributed by atoms with Crippen molar-refractivity contribution in [2.45, 2.75) is 13.1 Å². The second kappa shape index (κ2) is 6.12. The van der Waals surface area contributed by atoms with Crippen LogP contribution < -0.4 is 5.32 Å². The van der Waals surface area contributed by atoms with E-state index in [4.69, 9.17) is 4.52 Å². The summed E-state index contributed by atoms with van der Waals surface area (Å²) in [6.07, 6.45) is -4.54. The molecule has 124 valence electrons. The topological polar surface area (TPSA) is 55.1 Å². The minimum absolute atomic E-state index is 0.0213. The smallest absolute Gasteiger partial charge is 0.338 e. The zero-order valence-corrected chi connectivity index (χ0v) is 13.2. The molecule has 0 aliphatic rings. The Bertz CT molecular complexity index is 869. The number of carbonyl (C=O) groups excluding carboxylic acids is 1. The summed E-state index contributed by atoms with van der Waals surface area (Å²) in [6.45, 7) is 1.67. The molecule has 4 nitrogen and oxygen atoms in total. The van der Waals surface area contributed by atoms with E-state index in [1.165, 1.54) is 12.1 Å². The molecular formula is C16H11F3N2O2S. The van der Waals surface area contributed by atoms with Crippen molar-refractivity contribution in [3.05, 3.63) is 57.9 Å². The highest BCUT2D eigenvalue weighted by molar-refractivity contribution is 7.14. The third-order valence-electron chi connectivity index (χ3n) is 3.16. The predicted octanol–water partition coefficient (Wildman–Crippen LogP) is 4.98. The number of nitrogens with zero attached hydrogens (tertiary/aromatic N) is 1. The summed E-state index contributed by atoms with van der Waals surface area (Å²) in [4.78, 5) is 11.3. The first-order chi connectivity index (χ1) is 11.3. The second-order valence-electron chi connectivity index (χ2n) is 5.00. The molecule has 0 bridgehead atoms. The van der Waals surface area contributed by atoms with Gasteiger partial charge < -0.3 is 4.52 Å². The molecule has 0 spiro atoms. The molecule has 8 heteroatoms. The second-order valence-corrected chi connectivity index (χ2v) is 6.06. The molecule has 2 heterocycles. The van der Waals surface area contributed by atoms with E-state index in [2.05, 4.69) is 10.5 Å². The Morgan fingerprint density at radius 3 is 2.50 bits per heavy atom. The SMILES string of the molecule is Cc1cc(NC(=O)c2cc(-c3ccccc3)c(C(F)(F)F)s2)on1. The van der Waals surface area contributed by atoms with Gasteiger partial charge in [0.15, 0.2) is 0 Å². The van der Waals surface area contributed by atoms with Crippen LogP contribution in [0.5, 0.6) is 0 Å². The highest BCUT2D eigenvalue weighted by Crippen LogP contribution is 2.42. The van der Waals surface area contributed by atoms with Crippen molar-refractivity contribution in [2.75, 3.05) is 5.32 Å².